The van der Waals surface area contributed by atoms with Crippen LogP contribution in [-0.2, 0) is 14.8 Å². The summed E-state index contributed by atoms with van der Waals surface area (Å²) in [5.74, 6) is -0.522. The number of carbonyl (C=O) groups is 1. The maximum Gasteiger partial charge on any atom is 0.245 e. The van der Waals surface area contributed by atoms with Crippen LogP contribution in [0.15, 0.2) is 59.5 Å². The normalized spacial score (nSPS) is 19.6. The fraction of sp³-hybridized carbons (Fsp3) is 0.409. The number of hydrogen-bond donors (Lipinski definition) is 1. The molecule has 0 aromatic heterocycles. The number of nitrogens with one attached hydrogen (secondary N) is 1. The Hall–Kier alpha value is -2.25. The van der Waals surface area contributed by atoms with Gasteiger partial charge in [0.05, 0.1) is 6.04 Å². The summed E-state index contributed by atoms with van der Waals surface area (Å²) < 4.78 is 40.7. The minimum Gasteiger partial charge on any atom is -0.349 e. The van der Waals surface area contributed by atoms with Crippen LogP contribution in [0.3, 0.4) is 0 Å². The molecule has 1 saturated carbocycles. The molecule has 1 N–H and O–H groups in total. The highest BCUT2D eigenvalue weighted by atomic mass is 32.2. The van der Waals surface area contributed by atoms with Crippen LogP contribution >= 0.6 is 0 Å². The summed E-state index contributed by atoms with van der Waals surface area (Å²) in [5, 5.41) is 3.19. The number of carbonyl (C=O) groups excluding carboxylic acids is 1. The maximum atomic E-state index is 14.0. The molecule has 0 radical (unpaired) electrons. The minimum absolute atomic E-state index is 0.0175. The van der Waals surface area contributed by atoms with Crippen molar-refractivity contribution in [2.24, 2.45) is 11.8 Å². The quantitative estimate of drug-likeness (QED) is 0.784. The van der Waals surface area contributed by atoms with Gasteiger partial charge in [-0.15, -0.1) is 0 Å². The van der Waals surface area contributed by atoms with Crippen LogP contribution in [0.2, 0.25) is 0 Å². The monoisotopic (exact) mass is 416 g/mol. The molecular formula is C22H25FN2O3S. The molecule has 1 atom stereocenters. The lowest BCUT2D eigenvalue weighted by molar-refractivity contribution is -0.127. The number of hydrogen-bond acceptors (Lipinski definition) is 3. The van der Waals surface area contributed by atoms with Crippen LogP contribution in [0.4, 0.5) is 4.39 Å². The van der Waals surface area contributed by atoms with Gasteiger partial charge in [0.2, 0.25) is 15.9 Å². The Labute approximate surface area is 171 Å². The molecule has 7 heteroatoms. The second-order valence-corrected chi connectivity index (χ2v) is 9.75. The lowest BCUT2D eigenvalue weighted by Gasteiger charge is -2.31. The molecule has 1 aliphatic heterocycles. The molecule has 1 amide bonds. The average Bonchev–Trinajstić information content (AvgIpc) is 3.58. The van der Waals surface area contributed by atoms with Crippen LogP contribution in [0.1, 0.15) is 37.3 Å². The van der Waals surface area contributed by atoms with Crippen molar-refractivity contribution in [3.05, 3.63) is 66.0 Å². The zero-order valence-corrected chi connectivity index (χ0v) is 16.9. The standard InChI is InChI=1S/C22H25FN2O3S/c23-19-8-4-5-9-20(19)29(27,28)25-14-12-18(13-15-25)22(26)24-21(17-10-11-17)16-6-2-1-3-7-16/h1-9,17-18,21H,10-15H2,(H,24,26). The summed E-state index contributed by atoms with van der Waals surface area (Å²) in [6.07, 6.45) is 3.09. The third kappa shape index (κ3) is 4.36. The first-order valence-electron chi connectivity index (χ1n) is 10.1. The number of amides is 1. The van der Waals surface area contributed by atoms with Crippen LogP contribution in [0.25, 0.3) is 0 Å². The maximum absolute atomic E-state index is 14.0. The lowest BCUT2D eigenvalue weighted by atomic mass is 9.95. The zero-order valence-electron chi connectivity index (χ0n) is 16.1. The number of nitrogens with zero attached hydrogens (tertiary/aromatic N) is 1. The molecule has 4 rings (SSSR count). The van der Waals surface area contributed by atoms with Gasteiger partial charge < -0.3 is 5.32 Å². The van der Waals surface area contributed by atoms with E-state index in [9.17, 15) is 17.6 Å². The first-order valence-corrected chi connectivity index (χ1v) is 11.5. The summed E-state index contributed by atoms with van der Waals surface area (Å²) in [7, 11) is -3.88. The molecule has 5 nitrogen and oxygen atoms in total. The van der Waals surface area contributed by atoms with E-state index in [4.69, 9.17) is 0 Å². The van der Waals surface area contributed by atoms with Crippen LogP contribution in [-0.4, -0.2) is 31.7 Å². The summed E-state index contributed by atoms with van der Waals surface area (Å²) in [6.45, 7) is 0.433. The van der Waals surface area contributed by atoms with Gasteiger partial charge in [-0.2, -0.15) is 4.31 Å². The van der Waals surface area contributed by atoms with Crippen molar-refractivity contribution in [2.45, 2.75) is 36.6 Å². The van der Waals surface area contributed by atoms with Gasteiger partial charge in [0.1, 0.15) is 10.7 Å². The van der Waals surface area contributed by atoms with Gasteiger partial charge >= 0.3 is 0 Å². The first-order chi connectivity index (χ1) is 14.0. The molecular weight excluding hydrogens is 391 g/mol. The number of sulfonamides is 1. The molecule has 0 spiro atoms. The smallest absolute Gasteiger partial charge is 0.245 e. The van der Waals surface area contributed by atoms with Crippen molar-refractivity contribution >= 4 is 15.9 Å². The van der Waals surface area contributed by atoms with E-state index in [1.807, 2.05) is 30.3 Å². The van der Waals surface area contributed by atoms with Crippen molar-refractivity contribution in [2.75, 3.05) is 13.1 Å². The largest absolute Gasteiger partial charge is 0.349 e. The van der Waals surface area contributed by atoms with Gasteiger partial charge in [-0.05, 0) is 49.3 Å². The van der Waals surface area contributed by atoms with E-state index in [-0.39, 0.29) is 35.9 Å². The fourth-order valence-corrected chi connectivity index (χ4v) is 5.52. The Balaban J connectivity index is 1.39. The predicted octanol–water partition coefficient (Wildman–Crippen LogP) is 3.49. The topological polar surface area (TPSA) is 66.5 Å². The molecule has 1 unspecified atom stereocenters. The summed E-state index contributed by atoms with van der Waals surface area (Å²) in [4.78, 5) is 12.6. The Kier molecular flexibility index (Phi) is 5.69. The van der Waals surface area contributed by atoms with Gasteiger partial charge in [-0.3, -0.25) is 4.79 Å². The summed E-state index contributed by atoms with van der Waals surface area (Å²) in [5.41, 5.74) is 1.11. The van der Waals surface area contributed by atoms with Gasteiger partial charge in [-0.25, -0.2) is 12.8 Å². The molecule has 1 aliphatic carbocycles. The molecule has 2 fully saturated rings. The molecule has 2 aromatic rings. The van der Waals surface area contributed by atoms with E-state index in [0.717, 1.165) is 24.5 Å². The third-order valence-corrected chi connectivity index (χ3v) is 7.76. The molecule has 0 bridgehead atoms. The molecule has 2 aromatic carbocycles. The van der Waals surface area contributed by atoms with E-state index in [1.54, 1.807) is 0 Å². The van der Waals surface area contributed by atoms with Gasteiger partial charge in [-0.1, -0.05) is 42.5 Å². The Bertz CT molecular complexity index is 969. The van der Waals surface area contributed by atoms with Crippen molar-refractivity contribution in [3.8, 4) is 0 Å². The van der Waals surface area contributed by atoms with Crippen LogP contribution < -0.4 is 5.32 Å². The summed E-state index contributed by atoms with van der Waals surface area (Å²) >= 11 is 0. The number of rotatable bonds is 6. The predicted molar refractivity (Wildman–Crippen MR) is 108 cm³/mol. The van der Waals surface area contributed by atoms with Gasteiger partial charge in [0, 0.05) is 19.0 Å². The van der Waals surface area contributed by atoms with Crippen molar-refractivity contribution in [1.29, 1.82) is 0 Å². The number of benzene rings is 2. The van der Waals surface area contributed by atoms with E-state index in [2.05, 4.69) is 5.32 Å². The highest BCUT2D eigenvalue weighted by Crippen LogP contribution is 2.41. The van der Waals surface area contributed by atoms with E-state index >= 15 is 0 Å². The van der Waals surface area contributed by atoms with E-state index in [0.29, 0.717) is 18.8 Å². The van der Waals surface area contributed by atoms with Crippen LogP contribution in [0, 0.1) is 17.7 Å². The SMILES string of the molecule is O=C(NC(c1ccccc1)C1CC1)C1CCN(S(=O)(=O)c2ccccc2F)CC1. The third-order valence-electron chi connectivity index (χ3n) is 5.83. The van der Waals surface area contributed by atoms with Crippen molar-refractivity contribution < 1.29 is 17.6 Å². The van der Waals surface area contributed by atoms with Gasteiger partial charge in [0.15, 0.2) is 0 Å². The number of halogens is 1. The van der Waals surface area contributed by atoms with Gasteiger partial charge in [0.25, 0.3) is 0 Å². The highest BCUT2D eigenvalue weighted by Gasteiger charge is 2.37. The Morgan fingerprint density at radius 3 is 2.21 bits per heavy atom. The fourth-order valence-electron chi connectivity index (χ4n) is 3.99. The molecule has 29 heavy (non-hydrogen) atoms. The Morgan fingerprint density at radius 1 is 0.966 bits per heavy atom. The van der Waals surface area contributed by atoms with Crippen molar-refractivity contribution in [1.82, 2.24) is 9.62 Å². The minimum atomic E-state index is -3.88. The lowest BCUT2D eigenvalue weighted by Crippen LogP contribution is -2.44. The second kappa shape index (κ2) is 8.24. The zero-order chi connectivity index (χ0) is 20.4. The molecule has 154 valence electrons. The average molecular weight is 417 g/mol. The van der Waals surface area contributed by atoms with Crippen LogP contribution in [0.5, 0.6) is 0 Å². The van der Waals surface area contributed by atoms with Crippen molar-refractivity contribution in [3.63, 3.8) is 0 Å². The highest BCUT2D eigenvalue weighted by molar-refractivity contribution is 7.89. The number of piperidine rings is 1. The molecule has 2 aliphatic rings. The summed E-state index contributed by atoms with van der Waals surface area (Å²) in [6, 6.07) is 15.4. The molecule has 1 saturated heterocycles. The second-order valence-electron chi connectivity index (χ2n) is 7.84. The molecule has 1 heterocycles. The van der Waals surface area contributed by atoms with E-state index < -0.39 is 15.8 Å². The Morgan fingerprint density at radius 2 is 1.59 bits per heavy atom. The first kappa shape index (κ1) is 20.0. The van der Waals surface area contributed by atoms with E-state index in [1.165, 1.54) is 22.5 Å².